The number of alkyl halides is 3. The molecule has 0 N–H and O–H groups in total. The molecule has 3 aromatic carbocycles. The van der Waals surface area contributed by atoms with Crippen molar-refractivity contribution in [1.82, 2.24) is 0 Å². The van der Waals surface area contributed by atoms with Crippen LogP contribution in [-0.4, -0.2) is 0 Å². The van der Waals surface area contributed by atoms with E-state index in [0.717, 1.165) is 11.6 Å². The van der Waals surface area contributed by atoms with Crippen molar-refractivity contribution in [2.24, 2.45) is 0 Å². The predicted octanol–water partition coefficient (Wildman–Crippen LogP) is 9.54. The molecule has 3 aromatic rings. The summed E-state index contributed by atoms with van der Waals surface area (Å²) in [6, 6.07) is 11.0. The van der Waals surface area contributed by atoms with Gasteiger partial charge in [0.2, 0.25) is 0 Å². The van der Waals surface area contributed by atoms with Gasteiger partial charge in [-0.1, -0.05) is 48.6 Å². The molecule has 0 radical (unpaired) electrons. The normalized spacial score (nSPS) is 12.8. The van der Waals surface area contributed by atoms with Gasteiger partial charge in [0, 0.05) is 17.5 Å². The molecule has 0 saturated heterocycles. The van der Waals surface area contributed by atoms with Crippen molar-refractivity contribution in [3.63, 3.8) is 0 Å². The number of benzene rings is 3. The van der Waals surface area contributed by atoms with Gasteiger partial charge in [-0.25, -0.2) is 22.0 Å². The number of aryl methyl sites for hydroxylation is 2. The zero-order valence-electron chi connectivity index (χ0n) is 19.2. The fourth-order valence-corrected chi connectivity index (χ4v) is 3.70. The molecule has 0 fully saturated rings. The van der Waals surface area contributed by atoms with Crippen molar-refractivity contribution in [1.29, 1.82) is 0 Å². The lowest BCUT2D eigenvalue weighted by molar-refractivity contribution is -0.142. The van der Waals surface area contributed by atoms with Crippen LogP contribution in [0.1, 0.15) is 42.0 Å². The largest absolute Gasteiger partial charge is 0.422 e. The van der Waals surface area contributed by atoms with E-state index in [1.165, 1.54) is 24.3 Å². The minimum Gasteiger partial charge on any atom is -0.209 e. The predicted molar refractivity (Wildman–Crippen MR) is 124 cm³/mol. The second-order valence-electron chi connectivity index (χ2n) is 8.15. The maximum Gasteiger partial charge on any atom is 0.422 e. The van der Waals surface area contributed by atoms with Gasteiger partial charge in [0.25, 0.3) is 0 Å². The van der Waals surface area contributed by atoms with Crippen molar-refractivity contribution in [2.75, 3.05) is 0 Å². The van der Waals surface area contributed by atoms with Gasteiger partial charge in [0.1, 0.15) is 28.8 Å². The summed E-state index contributed by atoms with van der Waals surface area (Å²) in [5.41, 5.74) is -1.19. The molecule has 0 saturated carbocycles. The SMILES string of the molecule is C/C=C/CC/C(F)=C(\F)c1ccc(CCc2ccc(-c3cc(F)c(C(F)(F)F)c(F)c3)c(F)c2)cc1. The summed E-state index contributed by atoms with van der Waals surface area (Å²) in [5, 5.41) is 0. The Morgan fingerprint density at radius 2 is 1.36 bits per heavy atom. The van der Waals surface area contributed by atoms with Gasteiger partial charge in [-0.15, -0.1) is 0 Å². The minimum atomic E-state index is -5.21. The van der Waals surface area contributed by atoms with Crippen LogP contribution < -0.4 is 0 Å². The van der Waals surface area contributed by atoms with Crippen molar-refractivity contribution >= 4 is 5.83 Å². The number of hydrogen-bond donors (Lipinski definition) is 0. The first-order valence-electron chi connectivity index (χ1n) is 11.1. The summed E-state index contributed by atoms with van der Waals surface area (Å²) in [4.78, 5) is 0. The lowest BCUT2D eigenvalue weighted by Gasteiger charge is -2.12. The maximum absolute atomic E-state index is 14.6. The average molecular weight is 510 g/mol. The summed E-state index contributed by atoms with van der Waals surface area (Å²) in [5.74, 6) is -6.24. The molecule has 3 rings (SSSR count). The first-order chi connectivity index (χ1) is 17.0. The van der Waals surface area contributed by atoms with E-state index >= 15 is 0 Å². The molecule has 36 heavy (non-hydrogen) atoms. The fraction of sp³-hybridized carbons (Fsp3) is 0.214. The number of rotatable bonds is 8. The van der Waals surface area contributed by atoms with Crippen LogP contribution in [0.3, 0.4) is 0 Å². The molecule has 0 bridgehead atoms. The molecule has 8 heteroatoms. The first kappa shape index (κ1) is 27.2. The highest BCUT2D eigenvalue weighted by atomic mass is 19.4. The Morgan fingerprint density at radius 3 is 1.92 bits per heavy atom. The Bertz CT molecular complexity index is 1240. The van der Waals surface area contributed by atoms with Gasteiger partial charge < -0.3 is 0 Å². The van der Waals surface area contributed by atoms with E-state index in [1.807, 2.05) is 0 Å². The van der Waals surface area contributed by atoms with E-state index in [4.69, 9.17) is 0 Å². The Kier molecular flexibility index (Phi) is 8.71. The van der Waals surface area contributed by atoms with Gasteiger partial charge in [-0.3, -0.25) is 0 Å². The third kappa shape index (κ3) is 6.62. The third-order valence-corrected chi connectivity index (χ3v) is 5.58. The van der Waals surface area contributed by atoms with Crippen molar-refractivity contribution in [3.05, 3.63) is 112 Å². The zero-order valence-corrected chi connectivity index (χ0v) is 19.2. The molecule has 0 nitrogen and oxygen atoms in total. The van der Waals surface area contributed by atoms with Crippen LogP contribution in [0.5, 0.6) is 0 Å². The van der Waals surface area contributed by atoms with E-state index in [9.17, 15) is 35.1 Å². The summed E-state index contributed by atoms with van der Waals surface area (Å²) in [6.45, 7) is 1.79. The molecular formula is C28H22F8. The number of hydrogen-bond acceptors (Lipinski definition) is 0. The van der Waals surface area contributed by atoms with Crippen molar-refractivity contribution < 1.29 is 35.1 Å². The molecule has 0 aliphatic heterocycles. The van der Waals surface area contributed by atoms with Crippen LogP contribution in [0.25, 0.3) is 17.0 Å². The van der Waals surface area contributed by atoms with E-state index in [-0.39, 0.29) is 23.1 Å². The monoisotopic (exact) mass is 510 g/mol. The summed E-state index contributed by atoms with van der Waals surface area (Å²) < 4.78 is 109. The Labute approximate surface area is 203 Å². The van der Waals surface area contributed by atoms with Crippen molar-refractivity contribution in [2.45, 2.75) is 38.8 Å². The van der Waals surface area contributed by atoms with E-state index in [0.29, 0.717) is 37.0 Å². The van der Waals surface area contributed by atoms with E-state index < -0.39 is 40.8 Å². The molecule has 0 unspecified atom stereocenters. The van der Waals surface area contributed by atoms with Crippen LogP contribution in [0.2, 0.25) is 0 Å². The highest BCUT2D eigenvalue weighted by Gasteiger charge is 2.38. The summed E-state index contributed by atoms with van der Waals surface area (Å²) in [7, 11) is 0. The van der Waals surface area contributed by atoms with Gasteiger partial charge in [0.15, 0.2) is 5.83 Å². The van der Waals surface area contributed by atoms with Crippen LogP contribution in [0, 0.1) is 17.5 Å². The summed E-state index contributed by atoms with van der Waals surface area (Å²) >= 11 is 0. The van der Waals surface area contributed by atoms with Gasteiger partial charge in [0.05, 0.1) is 0 Å². The van der Waals surface area contributed by atoms with Crippen LogP contribution in [0.15, 0.2) is 72.6 Å². The second-order valence-corrected chi connectivity index (χ2v) is 8.15. The number of halogens is 8. The Balaban J connectivity index is 1.70. The molecule has 0 amide bonds. The molecule has 0 aliphatic carbocycles. The third-order valence-electron chi connectivity index (χ3n) is 5.58. The highest BCUT2D eigenvalue weighted by molar-refractivity contribution is 5.65. The van der Waals surface area contributed by atoms with Gasteiger partial charge in [-0.2, -0.15) is 13.2 Å². The molecule has 0 atom stereocenters. The molecular weight excluding hydrogens is 488 g/mol. The molecule has 0 aliphatic rings. The van der Waals surface area contributed by atoms with Crippen LogP contribution >= 0.6 is 0 Å². The minimum absolute atomic E-state index is 0.0365. The lowest BCUT2D eigenvalue weighted by atomic mass is 9.98. The van der Waals surface area contributed by atoms with E-state index in [2.05, 4.69) is 0 Å². The standard InChI is InChI=1S/C28H22F8/c1-2-3-4-5-22(29)27(33)19-11-8-17(9-12-19)6-7-18-10-13-21(23(30)14-18)20-15-24(31)26(25(32)16-20)28(34,35)36/h2-3,8-16H,4-7H2,1H3/b3-2+,27-22+. The van der Waals surface area contributed by atoms with Gasteiger partial charge in [-0.05, 0) is 61.1 Å². The zero-order chi connectivity index (χ0) is 26.5. The maximum atomic E-state index is 14.6. The van der Waals surface area contributed by atoms with Gasteiger partial charge >= 0.3 is 6.18 Å². The van der Waals surface area contributed by atoms with Crippen LogP contribution in [0.4, 0.5) is 35.1 Å². The Hall–Kier alpha value is -3.42. The molecule has 190 valence electrons. The summed E-state index contributed by atoms with van der Waals surface area (Å²) in [6.07, 6.45) is -0.549. The van der Waals surface area contributed by atoms with E-state index in [1.54, 1.807) is 31.2 Å². The highest BCUT2D eigenvalue weighted by Crippen LogP contribution is 2.36. The smallest absolute Gasteiger partial charge is 0.209 e. The topological polar surface area (TPSA) is 0 Å². The first-order valence-corrected chi connectivity index (χ1v) is 11.1. The molecule has 0 spiro atoms. The Morgan fingerprint density at radius 1 is 0.778 bits per heavy atom. The number of allylic oxidation sites excluding steroid dienone is 3. The fourth-order valence-electron chi connectivity index (χ4n) is 3.70. The lowest BCUT2D eigenvalue weighted by Crippen LogP contribution is -2.11. The second kappa shape index (κ2) is 11.5. The molecule has 0 aromatic heterocycles. The molecule has 0 heterocycles. The van der Waals surface area contributed by atoms with Crippen molar-refractivity contribution in [3.8, 4) is 11.1 Å². The quantitative estimate of drug-likeness (QED) is 0.209. The van der Waals surface area contributed by atoms with Crippen LogP contribution in [-0.2, 0) is 19.0 Å². The average Bonchev–Trinajstić information content (AvgIpc) is 2.81.